The Balaban J connectivity index is 1.35. The molecule has 32 heavy (non-hydrogen) atoms. The zero-order valence-corrected chi connectivity index (χ0v) is 17.3. The summed E-state index contributed by atoms with van der Waals surface area (Å²) < 4.78 is 26.6. The van der Waals surface area contributed by atoms with Gasteiger partial charge in [-0.1, -0.05) is 36.4 Å². The van der Waals surface area contributed by atoms with E-state index < -0.39 is 11.6 Å². The van der Waals surface area contributed by atoms with Crippen LogP contribution in [-0.4, -0.2) is 16.1 Å². The number of hydrogen-bond acceptors (Lipinski definition) is 2. The summed E-state index contributed by atoms with van der Waals surface area (Å²) in [6, 6.07) is 18.8. The number of H-pyrrole nitrogens is 1. The van der Waals surface area contributed by atoms with Gasteiger partial charge in [0.2, 0.25) is 0 Å². The summed E-state index contributed by atoms with van der Waals surface area (Å²) in [6.07, 6.45) is 3.02. The van der Waals surface area contributed by atoms with Crippen LogP contribution >= 0.6 is 0 Å². The zero-order valence-electron chi connectivity index (χ0n) is 17.3. The van der Waals surface area contributed by atoms with Gasteiger partial charge in [-0.2, -0.15) is 5.10 Å². The number of nitrogens with zero attached hydrogens (tertiary/aromatic N) is 1. The molecule has 0 atom stereocenters. The van der Waals surface area contributed by atoms with Crippen molar-refractivity contribution in [3.63, 3.8) is 0 Å². The zero-order chi connectivity index (χ0) is 22.1. The lowest BCUT2D eigenvalue weighted by molar-refractivity contribution is 0.0951. The highest BCUT2D eigenvalue weighted by Gasteiger charge is 2.21. The summed E-state index contributed by atoms with van der Waals surface area (Å²) in [5.41, 5.74) is 7.46. The molecule has 0 unspecified atom stereocenters. The van der Waals surface area contributed by atoms with Crippen LogP contribution in [0, 0.1) is 11.6 Å². The van der Waals surface area contributed by atoms with E-state index in [0.29, 0.717) is 11.1 Å². The number of rotatable bonds is 4. The normalized spacial score (nSPS) is 12.6. The number of carbonyl (C=O) groups excluding carboxylic acids is 1. The van der Waals surface area contributed by atoms with Crippen molar-refractivity contribution in [3.05, 3.63) is 101 Å². The van der Waals surface area contributed by atoms with E-state index in [1.165, 1.54) is 28.8 Å². The lowest BCUT2D eigenvalue weighted by Crippen LogP contribution is -2.22. The van der Waals surface area contributed by atoms with E-state index in [2.05, 4.69) is 33.7 Å². The molecule has 0 saturated heterocycles. The Hall–Kier alpha value is -3.80. The average Bonchev–Trinajstić information content (AvgIpc) is 3.12. The minimum Gasteiger partial charge on any atom is -0.348 e. The molecule has 4 aromatic rings. The largest absolute Gasteiger partial charge is 0.348 e. The van der Waals surface area contributed by atoms with Crippen LogP contribution in [-0.2, 0) is 19.4 Å². The molecule has 4 nitrogen and oxygen atoms in total. The van der Waals surface area contributed by atoms with Crippen molar-refractivity contribution in [2.75, 3.05) is 0 Å². The smallest absolute Gasteiger partial charge is 0.251 e. The number of nitrogens with one attached hydrogen (secondary N) is 2. The maximum Gasteiger partial charge on any atom is 0.251 e. The Kier molecular flexibility index (Phi) is 5.27. The van der Waals surface area contributed by atoms with Gasteiger partial charge in [0.05, 0.1) is 11.4 Å². The molecule has 0 bridgehead atoms. The maximum absolute atomic E-state index is 13.3. The van der Waals surface area contributed by atoms with Crippen LogP contribution in [0.2, 0.25) is 0 Å². The quantitative estimate of drug-likeness (QED) is 0.454. The van der Waals surface area contributed by atoms with Crippen LogP contribution in [0.1, 0.15) is 33.5 Å². The fraction of sp³-hybridized carbons (Fsp3) is 0.154. The van der Waals surface area contributed by atoms with Crippen LogP contribution in [0.25, 0.3) is 22.5 Å². The van der Waals surface area contributed by atoms with Crippen molar-refractivity contribution < 1.29 is 13.6 Å². The fourth-order valence-electron chi connectivity index (χ4n) is 4.28. The van der Waals surface area contributed by atoms with Crippen LogP contribution in [0.15, 0.2) is 66.7 Å². The molecule has 0 saturated carbocycles. The van der Waals surface area contributed by atoms with Gasteiger partial charge in [0.1, 0.15) is 11.6 Å². The molecule has 1 heterocycles. The van der Waals surface area contributed by atoms with Crippen molar-refractivity contribution in [1.29, 1.82) is 0 Å². The second-order valence-corrected chi connectivity index (χ2v) is 7.97. The number of halogens is 2. The Labute approximate surface area is 184 Å². The van der Waals surface area contributed by atoms with Crippen LogP contribution in [0.4, 0.5) is 8.78 Å². The molecule has 160 valence electrons. The Bertz CT molecular complexity index is 1270. The molecule has 5 rings (SSSR count). The molecular weight excluding hydrogens is 408 g/mol. The van der Waals surface area contributed by atoms with E-state index in [9.17, 15) is 13.6 Å². The molecule has 0 aliphatic heterocycles. The third-order valence-electron chi connectivity index (χ3n) is 5.82. The van der Waals surface area contributed by atoms with E-state index in [1.54, 1.807) is 12.1 Å². The van der Waals surface area contributed by atoms with Crippen LogP contribution < -0.4 is 5.32 Å². The first-order chi connectivity index (χ1) is 15.6. The molecule has 1 aromatic heterocycles. The molecule has 1 aliphatic rings. The number of aromatic nitrogens is 2. The van der Waals surface area contributed by atoms with Gasteiger partial charge in [0, 0.05) is 34.9 Å². The maximum atomic E-state index is 13.3. The molecule has 0 spiro atoms. The van der Waals surface area contributed by atoms with Crippen molar-refractivity contribution in [2.45, 2.75) is 25.8 Å². The first-order valence-electron chi connectivity index (χ1n) is 10.6. The second-order valence-electron chi connectivity index (χ2n) is 7.97. The average molecular weight is 429 g/mol. The number of fused-ring (bicyclic) bond motifs is 3. The van der Waals surface area contributed by atoms with Crippen LogP contribution in [0.5, 0.6) is 0 Å². The first-order valence-corrected chi connectivity index (χ1v) is 10.6. The molecular formula is C26H21F2N3O. The third-order valence-corrected chi connectivity index (χ3v) is 5.82. The summed E-state index contributed by atoms with van der Waals surface area (Å²) in [5, 5.41) is 10.5. The van der Waals surface area contributed by atoms with Gasteiger partial charge in [-0.05, 0) is 54.7 Å². The van der Waals surface area contributed by atoms with Gasteiger partial charge < -0.3 is 5.32 Å². The lowest BCUT2D eigenvalue weighted by Gasteiger charge is -2.07. The van der Waals surface area contributed by atoms with Gasteiger partial charge in [0.25, 0.3) is 5.91 Å². The Morgan fingerprint density at radius 3 is 2.50 bits per heavy atom. The fourth-order valence-corrected chi connectivity index (χ4v) is 4.28. The van der Waals surface area contributed by atoms with Gasteiger partial charge in [-0.3, -0.25) is 9.89 Å². The molecule has 2 N–H and O–H groups in total. The minimum absolute atomic E-state index is 0.0432. The number of hydrogen-bond donors (Lipinski definition) is 2. The van der Waals surface area contributed by atoms with Crippen LogP contribution in [0.3, 0.4) is 0 Å². The predicted octanol–water partition coefficient (Wildman–Crippen LogP) is 5.44. The lowest BCUT2D eigenvalue weighted by atomic mass is 9.99. The van der Waals surface area contributed by atoms with Gasteiger partial charge >= 0.3 is 0 Å². The monoisotopic (exact) mass is 429 g/mol. The molecule has 3 aromatic carbocycles. The highest BCUT2D eigenvalue weighted by molar-refractivity contribution is 5.94. The summed E-state index contributed by atoms with van der Waals surface area (Å²) in [4.78, 5) is 12.5. The molecule has 1 amide bonds. The van der Waals surface area contributed by atoms with Gasteiger partial charge in [-0.25, -0.2) is 8.78 Å². The highest BCUT2D eigenvalue weighted by atomic mass is 19.1. The standard InChI is InChI=1S/C26H21F2N3O/c27-20-12-16(13-21(28)14-20)15-29-26(32)19-10-8-18(9-11-19)24-23-7-3-5-17-4-1-2-6-22(17)25(23)31-30-24/h1-2,4,6,8-14H,3,5,7,15H2,(H,29,32)(H,30,31). The minimum atomic E-state index is -0.667. The second kappa shape index (κ2) is 8.38. The van der Waals surface area contributed by atoms with E-state index in [4.69, 9.17) is 0 Å². The van der Waals surface area contributed by atoms with Crippen molar-refractivity contribution in [2.24, 2.45) is 0 Å². The predicted molar refractivity (Wildman–Crippen MR) is 119 cm³/mol. The van der Waals surface area contributed by atoms with Crippen molar-refractivity contribution in [3.8, 4) is 22.5 Å². The Morgan fingerprint density at radius 1 is 0.969 bits per heavy atom. The first kappa shape index (κ1) is 20.1. The number of aromatic amines is 1. The third kappa shape index (κ3) is 3.91. The highest BCUT2D eigenvalue weighted by Crippen LogP contribution is 2.36. The van der Waals surface area contributed by atoms with Crippen molar-refractivity contribution >= 4 is 5.91 Å². The van der Waals surface area contributed by atoms with Crippen molar-refractivity contribution in [1.82, 2.24) is 15.5 Å². The summed E-state index contributed by atoms with van der Waals surface area (Å²) in [6.45, 7) is 0.0432. The van der Waals surface area contributed by atoms with Gasteiger partial charge in [-0.15, -0.1) is 0 Å². The molecule has 0 fully saturated rings. The van der Waals surface area contributed by atoms with E-state index in [-0.39, 0.29) is 12.5 Å². The molecule has 0 radical (unpaired) electrons. The SMILES string of the molecule is O=C(NCc1cc(F)cc(F)c1)c1ccc(-c2n[nH]c3c2CCCc2ccccc2-3)cc1. The molecule has 6 heteroatoms. The Morgan fingerprint density at radius 2 is 1.72 bits per heavy atom. The number of benzene rings is 3. The topological polar surface area (TPSA) is 57.8 Å². The summed E-state index contributed by atoms with van der Waals surface area (Å²) in [7, 11) is 0. The summed E-state index contributed by atoms with van der Waals surface area (Å²) in [5.74, 6) is -1.64. The number of amides is 1. The molecule has 1 aliphatic carbocycles. The van der Waals surface area contributed by atoms with E-state index in [1.807, 2.05) is 18.2 Å². The number of aryl methyl sites for hydroxylation is 1. The summed E-state index contributed by atoms with van der Waals surface area (Å²) >= 11 is 0. The van der Waals surface area contributed by atoms with E-state index in [0.717, 1.165) is 42.3 Å². The number of carbonyl (C=O) groups is 1. The van der Waals surface area contributed by atoms with E-state index >= 15 is 0 Å². The van der Waals surface area contributed by atoms with Gasteiger partial charge in [0.15, 0.2) is 0 Å².